The largest absolute Gasteiger partial charge is 0.485 e. The van der Waals surface area contributed by atoms with E-state index in [1.165, 1.54) is 18.3 Å². The normalized spacial score (nSPS) is 12.6. The number of Topliss-reactive ketones (excluding diaryl/α,β-unsaturated/α-hetero) is 1. The van der Waals surface area contributed by atoms with Crippen molar-refractivity contribution in [2.24, 2.45) is 0 Å². The molecule has 2 aromatic carbocycles. The quantitative estimate of drug-likeness (QED) is 0.334. The monoisotopic (exact) mass is 499 g/mol. The first-order valence-electron chi connectivity index (χ1n) is 10.6. The summed E-state index contributed by atoms with van der Waals surface area (Å²) in [7, 11) is 1.53. The van der Waals surface area contributed by atoms with Gasteiger partial charge in [0.15, 0.2) is 24.7 Å². The number of fused-ring (bicyclic) bond motifs is 1. The molecule has 0 aliphatic carbocycles. The Balaban J connectivity index is 1.47. The van der Waals surface area contributed by atoms with Crippen LogP contribution in [-0.2, 0) is 16.1 Å². The molecule has 1 N–H and O–H groups in total. The van der Waals surface area contributed by atoms with Crippen molar-refractivity contribution in [1.82, 2.24) is 10.3 Å². The molecular formula is C24H22ClN3O7. The van der Waals surface area contributed by atoms with Gasteiger partial charge in [0.1, 0.15) is 24.3 Å². The Morgan fingerprint density at radius 2 is 2.09 bits per heavy atom. The smallest absolute Gasteiger partial charge is 0.273 e. The minimum absolute atomic E-state index is 0.0444. The summed E-state index contributed by atoms with van der Waals surface area (Å²) < 4.78 is 21.3. The molecule has 0 fully saturated rings. The highest BCUT2D eigenvalue weighted by Crippen LogP contribution is 2.34. The average Bonchev–Trinajstić information content (AvgIpc) is 3.33. The molecule has 0 unspecified atom stereocenters. The Kier molecular flexibility index (Phi) is 7.64. The van der Waals surface area contributed by atoms with Gasteiger partial charge in [-0.2, -0.15) is 0 Å². The number of nitrogens with one attached hydrogen (secondary N) is 1. The fraction of sp³-hybridized carbons (Fsp3) is 0.250. The van der Waals surface area contributed by atoms with Crippen molar-refractivity contribution in [2.75, 3.05) is 38.4 Å². The van der Waals surface area contributed by atoms with Gasteiger partial charge in [0.05, 0.1) is 12.3 Å². The lowest BCUT2D eigenvalue weighted by molar-refractivity contribution is -0.121. The molecule has 1 aromatic heterocycles. The van der Waals surface area contributed by atoms with Gasteiger partial charge >= 0.3 is 0 Å². The minimum Gasteiger partial charge on any atom is -0.485 e. The molecule has 0 bridgehead atoms. The predicted molar refractivity (Wildman–Crippen MR) is 125 cm³/mol. The summed E-state index contributed by atoms with van der Waals surface area (Å²) in [4.78, 5) is 43.1. The highest BCUT2D eigenvalue weighted by atomic mass is 35.5. The van der Waals surface area contributed by atoms with Gasteiger partial charge in [-0.15, -0.1) is 0 Å². The minimum atomic E-state index is -0.418. The SMILES string of the molecule is COCCNC(=O)c1coc(CN2C(=O)COc3ccc(C(=O)COc4cccc(Cl)c4)cc32)n1. The highest BCUT2D eigenvalue weighted by molar-refractivity contribution is 6.30. The topological polar surface area (TPSA) is 120 Å². The third-order valence-electron chi connectivity index (χ3n) is 5.06. The first-order chi connectivity index (χ1) is 16.9. The maximum absolute atomic E-state index is 12.7. The number of amides is 2. The predicted octanol–water partition coefficient (Wildman–Crippen LogP) is 2.89. The van der Waals surface area contributed by atoms with Crippen molar-refractivity contribution >= 4 is 34.9 Å². The van der Waals surface area contributed by atoms with Crippen LogP contribution in [0, 0.1) is 0 Å². The van der Waals surface area contributed by atoms with Crippen LogP contribution in [0.1, 0.15) is 26.7 Å². The Morgan fingerprint density at radius 3 is 2.89 bits per heavy atom. The number of hydrogen-bond donors (Lipinski definition) is 1. The van der Waals surface area contributed by atoms with E-state index in [0.717, 1.165) is 0 Å². The number of benzene rings is 2. The molecule has 4 rings (SSSR count). The first-order valence-corrected chi connectivity index (χ1v) is 11.0. The number of halogens is 1. The maximum atomic E-state index is 12.7. The van der Waals surface area contributed by atoms with Gasteiger partial charge in [0.2, 0.25) is 5.89 Å². The number of carbonyl (C=O) groups excluding carboxylic acids is 3. The molecule has 1 aliphatic rings. The van der Waals surface area contributed by atoms with Crippen LogP contribution in [0.15, 0.2) is 53.1 Å². The van der Waals surface area contributed by atoms with Crippen LogP contribution in [0.5, 0.6) is 11.5 Å². The Morgan fingerprint density at radius 1 is 1.23 bits per heavy atom. The second-order valence-corrected chi connectivity index (χ2v) is 7.93. The van der Waals surface area contributed by atoms with E-state index in [-0.39, 0.29) is 43.0 Å². The molecule has 1 aliphatic heterocycles. The van der Waals surface area contributed by atoms with Gasteiger partial charge in [-0.05, 0) is 36.4 Å². The average molecular weight is 500 g/mol. The molecule has 0 saturated carbocycles. The Bertz CT molecular complexity index is 1240. The third kappa shape index (κ3) is 5.97. The molecule has 10 nitrogen and oxygen atoms in total. The Labute approximate surface area is 205 Å². The summed E-state index contributed by atoms with van der Waals surface area (Å²) >= 11 is 5.94. The Hall–Kier alpha value is -3.89. The number of aromatic nitrogens is 1. The molecule has 0 radical (unpaired) electrons. The van der Waals surface area contributed by atoms with Crippen LogP contribution in [0.4, 0.5) is 5.69 Å². The zero-order valence-electron chi connectivity index (χ0n) is 18.8. The first kappa shape index (κ1) is 24.2. The summed E-state index contributed by atoms with van der Waals surface area (Å²) in [5, 5.41) is 3.14. The number of anilines is 1. The molecule has 35 heavy (non-hydrogen) atoms. The summed E-state index contributed by atoms with van der Waals surface area (Å²) in [6.45, 7) is 0.251. The second kappa shape index (κ2) is 11.0. The van der Waals surface area contributed by atoms with Crippen LogP contribution in [0.3, 0.4) is 0 Å². The molecule has 11 heteroatoms. The molecule has 2 heterocycles. The number of rotatable bonds is 10. The second-order valence-electron chi connectivity index (χ2n) is 7.50. The zero-order chi connectivity index (χ0) is 24.8. The van der Waals surface area contributed by atoms with Crippen LogP contribution in [0.25, 0.3) is 0 Å². The van der Waals surface area contributed by atoms with Gasteiger partial charge in [0, 0.05) is 24.2 Å². The molecule has 0 saturated heterocycles. The molecule has 0 spiro atoms. The number of carbonyl (C=O) groups is 3. The standard InChI is InChI=1S/C24H22ClN3O7/c1-32-8-7-26-24(31)18-12-35-22(27-18)11-28-19-9-15(5-6-21(19)34-14-23(28)30)20(29)13-33-17-4-2-3-16(25)10-17/h2-6,9-10,12H,7-8,11,13-14H2,1H3,(H,26,31). The lowest BCUT2D eigenvalue weighted by Gasteiger charge is -2.28. The number of oxazole rings is 1. The number of ketones is 1. The van der Waals surface area contributed by atoms with Crippen molar-refractivity contribution in [3.05, 3.63) is 70.9 Å². The summed E-state index contributed by atoms with van der Waals surface area (Å²) in [5.41, 5.74) is 0.804. The molecule has 2 amide bonds. The van der Waals surface area contributed by atoms with E-state index in [2.05, 4.69) is 10.3 Å². The van der Waals surface area contributed by atoms with Crippen molar-refractivity contribution in [3.63, 3.8) is 0 Å². The fourth-order valence-electron chi connectivity index (χ4n) is 3.32. The van der Waals surface area contributed by atoms with E-state index in [1.54, 1.807) is 42.5 Å². The highest BCUT2D eigenvalue weighted by Gasteiger charge is 2.28. The van der Waals surface area contributed by atoms with Gasteiger partial charge in [0.25, 0.3) is 11.8 Å². The van der Waals surface area contributed by atoms with E-state index in [4.69, 9.17) is 30.2 Å². The summed E-state index contributed by atoms with van der Waals surface area (Å²) in [6.07, 6.45) is 1.22. The summed E-state index contributed by atoms with van der Waals surface area (Å²) in [5.74, 6) is -0.00295. The van der Waals surface area contributed by atoms with E-state index in [0.29, 0.717) is 40.9 Å². The third-order valence-corrected chi connectivity index (χ3v) is 5.29. The number of ether oxygens (including phenoxy) is 3. The fourth-order valence-corrected chi connectivity index (χ4v) is 3.50. The van der Waals surface area contributed by atoms with Gasteiger partial charge < -0.3 is 23.9 Å². The van der Waals surface area contributed by atoms with E-state index < -0.39 is 5.91 Å². The number of methoxy groups -OCH3 is 1. The molecule has 3 aromatic rings. The van der Waals surface area contributed by atoms with E-state index in [1.807, 2.05) is 0 Å². The van der Waals surface area contributed by atoms with E-state index in [9.17, 15) is 14.4 Å². The van der Waals surface area contributed by atoms with Gasteiger partial charge in [-0.3, -0.25) is 19.3 Å². The summed E-state index contributed by atoms with van der Waals surface area (Å²) in [6, 6.07) is 11.5. The van der Waals surface area contributed by atoms with Crippen molar-refractivity contribution < 1.29 is 33.0 Å². The molecular weight excluding hydrogens is 478 g/mol. The maximum Gasteiger partial charge on any atom is 0.273 e. The lowest BCUT2D eigenvalue weighted by Crippen LogP contribution is -2.38. The van der Waals surface area contributed by atoms with Crippen molar-refractivity contribution in [2.45, 2.75) is 6.54 Å². The van der Waals surface area contributed by atoms with E-state index >= 15 is 0 Å². The zero-order valence-corrected chi connectivity index (χ0v) is 19.5. The van der Waals surface area contributed by atoms with Crippen molar-refractivity contribution in [3.8, 4) is 11.5 Å². The molecule has 0 atom stereocenters. The van der Waals surface area contributed by atoms with Crippen LogP contribution in [0.2, 0.25) is 5.02 Å². The lowest BCUT2D eigenvalue weighted by atomic mass is 10.1. The van der Waals surface area contributed by atoms with Gasteiger partial charge in [-0.25, -0.2) is 4.98 Å². The number of nitrogens with zero attached hydrogens (tertiary/aromatic N) is 2. The van der Waals surface area contributed by atoms with Crippen LogP contribution < -0.4 is 19.7 Å². The number of hydrogen-bond acceptors (Lipinski definition) is 8. The van der Waals surface area contributed by atoms with Crippen LogP contribution in [-0.4, -0.2) is 56.1 Å². The van der Waals surface area contributed by atoms with Crippen LogP contribution >= 0.6 is 11.6 Å². The van der Waals surface area contributed by atoms with Crippen molar-refractivity contribution in [1.29, 1.82) is 0 Å². The molecule has 182 valence electrons. The van der Waals surface area contributed by atoms with Gasteiger partial charge in [-0.1, -0.05) is 17.7 Å².